The molecule has 1 unspecified atom stereocenters. The zero-order chi connectivity index (χ0) is 13.1. The highest BCUT2D eigenvalue weighted by atomic mass is 16.3. The van der Waals surface area contributed by atoms with E-state index < -0.39 is 0 Å². The number of aliphatic hydroxyl groups is 1. The normalized spacial score (nSPS) is 13.1. The third-order valence-corrected chi connectivity index (χ3v) is 3.28. The Hall–Kier alpha value is -1.55. The van der Waals surface area contributed by atoms with Crippen LogP contribution in [0.5, 0.6) is 0 Å². The lowest BCUT2D eigenvalue weighted by Crippen LogP contribution is -2.11. The third kappa shape index (κ3) is 2.48. The van der Waals surface area contributed by atoms with Crippen LogP contribution >= 0.6 is 0 Å². The van der Waals surface area contributed by atoms with Gasteiger partial charge in [0, 0.05) is 25.3 Å². The van der Waals surface area contributed by atoms with Crippen LogP contribution in [0.25, 0.3) is 11.0 Å². The minimum atomic E-state index is 0.238. The highest BCUT2D eigenvalue weighted by molar-refractivity contribution is 5.79. The van der Waals surface area contributed by atoms with Crippen molar-refractivity contribution >= 4 is 16.7 Å². The number of nitrogens with zero attached hydrogens (tertiary/aromatic N) is 2. The fraction of sp³-hybridized carbons (Fsp3) is 0.500. The van der Waals surface area contributed by atoms with Gasteiger partial charge in [0.2, 0.25) is 0 Å². The fourth-order valence-electron chi connectivity index (χ4n) is 2.29. The maximum Gasteiger partial charge on any atom is 0.109 e. The Balaban J connectivity index is 2.40. The lowest BCUT2D eigenvalue weighted by Gasteiger charge is -2.14. The van der Waals surface area contributed by atoms with Crippen LogP contribution in [0.15, 0.2) is 18.2 Å². The van der Waals surface area contributed by atoms with Crippen molar-refractivity contribution in [3.8, 4) is 0 Å². The number of aromatic nitrogens is 2. The van der Waals surface area contributed by atoms with E-state index in [0.29, 0.717) is 5.92 Å². The van der Waals surface area contributed by atoms with Gasteiger partial charge in [0.05, 0.1) is 11.0 Å². The molecule has 0 amide bonds. The molecule has 1 aromatic heterocycles. The fourth-order valence-corrected chi connectivity index (χ4v) is 2.29. The molecule has 4 nitrogen and oxygen atoms in total. The number of fused-ring (bicyclic) bond motifs is 1. The van der Waals surface area contributed by atoms with Crippen LogP contribution in [0, 0.1) is 5.92 Å². The molecule has 0 spiro atoms. The first kappa shape index (κ1) is 12.9. The summed E-state index contributed by atoms with van der Waals surface area (Å²) in [6.07, 6.45) is 1.72. The minimum absolute atomic E-state index is 0.238. The molecule has 3 N–H and O–H groups in total. The first-order chi connectivity index (χ1) is 8.65. The van der Waals surface area contributed by atoms with Crippen LogP contribution < -0.4 is 5.73 Å². The maximum atomic E-state index is 9.00. The molecule has 0 aliphatic carbocycles. The Kier molecular flexibility index (Phi) is 3.87. The van der Waals surface area contributed by atoms with Crippen molar-refractivity contribution in [2.45, 2.75) is 33.2 Å². The van der Waals surface area contributed by atoms with Crippen molar-refractivity contribution in [3.63, 3.8) is 0 Å². The molecule has 0 bridgehead atoms. The number of hydrogen-bond acceptors (Lipinski definition) is 3. The third-order valence-electron chi connectivity index (χ3n) is 3.28. The minimum Gasteiger partial charge on any atom is -0.399 e. The molecule has 0 saturated carbocycles. The van der Waals surface area contributed by atoms with E-state index in [1.54, 1.807) is 0 Å². The van der Waals surface area contributed by atoms with E-state index in [-0.39, 0.29) is 6.61 Å². The second kappa shape index (κ2) is 5.40. The Labute approximate surface area is 107 Å². The van der Waals surface area contributed by atoms with Crippen LogP contribution in [0.1, 0.15) is 26.1 Å². The topological polar surface area (TPSA) is 64.1 Å². The average molecular weight is 247 g/mol. The van der Waals surface area contributed by atoms with Crippen LogP contribution in [0.3, 0.4) is 0 Å². The second-order valence-corrected chi connectivity index (χ2v) is 4.86. The van der Waals surface area contributed by atoms with Gasteiger partial charge < -0.3 is 15.4 Å². The van der Waals surface area contributed by atoms with E-state index in [9.17, 15) is 0 Å². The number of imidazole rings is 1. The van der Waals surface area contributed by atoms with Gasteiger partial charge in [-0.1, -0.05) is 13.8 Å². The standard InChI is InChI=1S/C14H21N3O/c1-3-14-16-12-8-11(15)4-5-13(12)17(14)9-10(2)6-7-18/h4-5,8,10,18H,3,6-7,9,15H2,1-2H3. The van der Waals surface area contributed by atoms with Crippen LogP contribution in [0.4, 0.5) is 5.69 Å². The molecule has 98 valence electrons. The molecular weight excluding hydrogens is 226 g/mol. The molecule has 18 heavy (non-hydrogen) atoms. The summed E-state index contributed by atoms with van der Waals surface area (Å²) in [4.78, 5) is 4.63. The van der Waals surface area contributed by atoms with Crippen molar-refractivity contribution < 1.29 is 5.11 Å². The van der Waals surface area contributed by atoms with Gasteiger partial charge in [0.25, 0.3) is 0 Å². The van der Waals surface area contributed by atoms with E-state index >= 15 is 0 Å². The van der Waals surface area contributed by atoms with Crippen molar-refractivity contribution in [3.05, 3.63) is 24.0 Å². The van der Waals surface area contributed by atoms with Crippen molar-refractivity contribution in [1.82, 2.24) is 9.55 Å². The lowest BCUT2D eigenvalue weighted by molar-refractivity contribution is 0.254. The number of aliphatic hydroxyl groups excluding tert-OH is 1. The molecule has 0 radical (unpaired) electrons. The molecule has 2 aromatic rings. The van der Waals surface area contributed by atoms with Gasteiger partial charge in [-0.3, -0.25) is 0 Å². The number of rotatable bonds is 5. The predicted molar refractivity (Wildman–Crippen MR) is 74.4 cm³/mol. The van der Waals surface area contributed by atoms with E-state index in [2.05, 4.69) is 23.4 Å². The first-order valence-corrected chi connectivity index (χ1v) is 6.51. The molecule has 1 atom stereocenters. The van der Waals surface area contributed by atoms with Gasteiger partial charge in [-0.25, -0.2) is 4.98 Å². The smallest absolute Gasteiger partial charge is 0.109 e. The summed E-state index contributed by atoms with van der Waals surface area (Å²) in [5.41, 5.74) is 8.63. The average Bonchev–Trinajstić information content (AvgIpc) is 2.66. The highest BCUT2D eigenvalue weighted by Crippen LogP contribution is 2.21. The van der Waals surface area contributed by atoms with E-state index in [1.807, 2.05) is 18.2 Å². The van der Waals surface area contributed by atoms with E-state index in [1.165, 1.54) is 0 Å². The molecule has 0 saturated heterocycles. The van der Waals surface area contributed by atoms with Crippen molar-refractivity contribution in [2.24, 2.45) is 5.92 Å². The summed E-state index contributed by atoms with van der Waals surface area (Å²) in [5.74, 6) is 1.52. The van der Waals surface area contributed by atoms with E-state index in [4.69, 9.17) is 10.8 Å². The van der Waals surface area contributed by atoms with Crippen LogP contribution in [0.2, 0.25) is 0 Å². The van der Waals surface area contributed by atoms with Gasteiger partial charge in [-0.05, 0) is 30.5 Å². The lowest BCUT2D eigenvalue weighted by atomic mass is 10.1. The van der Waals surface area contributed by atoms with E-state index in [0.717, 1.165) is 41.9 Å². The summed E-state index contributed by atoms with van der Waals surface area (Å²) in [6, 6.07) is 5.86. The Bertz CT molecular complexity index is 533. The summed E-state index contributed by atoms with van der Waals surface area (Å²) in [6.45, 7) is 5.39. The molecule has 0 fully saturated rings. The molecule has 0 aliphatic rings. The second-order valence-electron chi connectivity index (χ2n) is 4.86. The monoisotopic (exact) mass is 247 g/mol. The summed E-state index contributed by atoms with van der Waals surface area (Å²) in [5, 5.41) is 9.00. The van der Waals surface area contributed by atoms with Gasteiger partial charge in [0.1, 0.15) is 5.82 Å². The zero-order valence-electron chi connectivity index (χ0n) is 11.1. The van der Waals surface area contributed by atoms with Crippen molar-refractivity contribution in [1.29, 1.82) is 0 Å². The molecule has 4 heteroatoms. The maximum absolute atomic E-state index is 9.00. The number of anilines is 1. The van der Waals surface area contributed by atoms with Crippen LogP contribution in [-0.4, -0.2) is 21.3 Å². The summed E-state index contributed by atoms with van der Waals surface area (Å²) >= 11 is 0. The largest absolute Gasteiger partial charge is 0.399 e. The zero-order valence-corrected chi connectivity index (χ0v) is 11.1. The molecule has 1 heterocycles. The summed E-state index contributed by atoms with van der Waals surface area (Å²) < 4.78 is 2.25. The van der Waals surface area contributed by atoms with Crippen LogP contribution in [-0.2, 0) is 13.0 Å². The Morgan fingerprint density at radius 3 is 2.89 bits per heavy atom. The predicted octanol–water partition coefficient (Wildman–Crippen LogP) is 2.20. The quantitative estimate of drug-likeness (QED) is 0.796. The number of aryl methyl sites for hydroxylation is 1. The Morgan fingerprint density at radius 2 is 2.22 bits per heavy atom. The molecule has 2 rings (SSSR count). The SMILES string of the molecule is CCc1nc2cc(N)ccc2n1CC(C)CCO. The number of benzene rings is 1. The first-order valence-electron chi connectivity index (χ1n) is 6.51. The molecule has 1 aromatic carbocycles. The van der Waals surface area contributed by atoms with Crippen molar-refractivity contribution in [2.75, 3.05) is 12.3 Å². The van der Waals surface area contributed by atoms with Gasteiger partial charge in [-0.15, -0.1) is 0 Å². The Morgan fingerprint density at radius 1 is 1.44 bits per heavy atom. The van der Waals surface area contributed by atoms with Gasteiger partial charge in [-0.2, -0.15) is 0 Å². The summed E-state index contributed by atoms with van der Waals surface area (Å²) in [7, 11) is 0. The molecule has 0 aliphatic heterocycles. The van der Waals surface area contributed by atoms with Gasteiger partial charge >= 0.3 is 0 Å². The number of hydrogen-bond donors (Lipinski definition) is 2. The van der Waals surface area contributed by atoms with Gasteiger partial charge in [0.15, 0.2) is 0 Å². The highest BCUT2D eigenvalue weighted by Gasteiger charge is 2.12. The number of nitrogens with two attached hydrogens (primary N) is 1. The molecular formula is C14H21N3O. The number of nitrogen functional groups attached to an aromatic ring is 1.